The van der Waals surface area contributed by atoms with Crippen LogP contribution in [0, 0.1) is 16.0 Å². The van der Waals surface area contributed by atoms with E-state index in [0.29, 0.717) is 6.04 Å². The molecule has 0 amide bonds. The van der Waals surface area contributed by atoms with Gasteiger partial charge in [-0.15, -0.1) is 0 Å². The second kappa shape index (κ2) is 6.84. The molecule has 1 N–H and O–H groups in total. The number of hydrogen-bond donors (Lipinski definition) is 1. The van der Waals surface area contributed by atoms with Crippen molar-refractivity contribution >= 4 is 5.69 Å². The molecule has 1 aliphatic carbocycles. The number of nitro groups is 1. The van der Waals surface area contributed by atoms with Gasteiger partial charge in [0, 0.05) is 24.2 Å². The molecule has 1 aromatic rings. The Labute approximate surface area is 120 Å². The predicted molar refractivity (Wildman–Crippen MR) is 80.7 cm³/mol. The summed E-state index contributed by atoms with van der Waals surface area (Å²) in [6.45, 7) is 4.39. The van der Waals surface area contributed by atoms with Gasteiger partial charge in [0.1, 0.15) is 0 Å². The first-order valence-corrected chi connectivity index (χ1v) is 7.58. The van der Waals surface area contributed by atoms with E-state index in [1.54, 1.807) is 12.1 Å². The molecule has 0 saturated heterocycles. The van der Waals surface area contributed by atoms with Crippen LogP contribution in [0.1, 0.15) is 57.6 Å². The molecular formula is C16H24N2O2. The minimum atomic E-state index is -0.355. The van der Waals surface area contributed by atoms with Gasteiger partial charge in [0.2, 0.25) is 0 Å². The van der Waals surface area contributed by atoms with Crippen molar-refractivity contribution in [3.8, 4) is 0 Å². The fraction of sp³-hybridized carbons (Fsp3) is 0.625. The molecule has 0 aromatic heterocycles. The molecule has 1 aromatic carbocycles. The molecule has 0 heterocycles. The first-order valence-electron chi connectivity index (χ1n) is 7.58. The van der Waals surface area contributed by atoms with Crippen molar-refractivity contribution in [1.29, 1.82) is 0 Å². The Morgan fingerprint density at radius 3 is 2.30 bits per heavy atom. The topological polar surface area (TPSA) is 55.2 Å². The summed E-state index contributed by atoms with van der Waals surface area (Å²) in [4.78, 5) is 10.3. The standard InChI is InChI=1S/C16H24N2O2/c1-12(14-6-4-3-5-7-14)17-13(2)15-8-10-16(11-9-15)18(19)20/h8-14,17H,3-7H2,1-2H3/t12-,13?/m0/s1. The van der Waals surface area contributed by atoms with Gasteiger partial charge in [-0.3, -0.25) is 10.1 Å². The highest BCUT2D eigenvalue weighted by Gasteiger charge is 2.21. The number of nitrogens with one attached hydrogen (secondary N) is 1. The van der Waals surface area contributed by atoms with Crippen LogP contribution in [0.25, 0.3) is 0 Å². The molecule has 4 heteroatoms. The summed E-state index contributed by atoms with van der Waals surface area (Å²) in [5.41, 5.74) is 1.26. The normalized spacial score (nSPS) is 19.5. The number of rotatable bonds is 5. The van der Waals surface area contributed by atoms with E-state index in [9.17, 15) is 10.1 Å². The van der Waals surface area contributed by atoms with Gasteiger partial charge in [-0.05, 0) is 38.2 Å². The molecule has 0 spiro atoms. The van der Waals surface area contributed by atoms with E-state index < -0.39 is 0 Å². The average Bonchev–Trinajstić information content (AvgIpc) is 2.48. The first-order chi connectivity index (χ1) is 9.58. The summed E-state index contributed by atoms with van der Waals surface area (Å²) in [7, 11) is 0. The second-order valence-electron chi connectivity index (χ2n) is 5.92. The number of nitro benzene ring substituents is 1. The lowest BCUT2D eigenvalue weighted by atomic mass is 9.84. The summed E-state index contributed by atoms with van der Waals surface area (Å²) >= 11 is 0. The van der Waals surface area contributed by atoms with Gasteiger partial charge in [0.25, 0.3) is 5.69 Å². The van der Waals surface area contributed by atoms with Gasteiger partial charge < -0.3 is 5.32 Å². The molecule has 2 atom stereocenters. The van der Waals surface area contributed by atoms with Crippen LogP contribution in [0.2, 0.25) is 0 Å². The molecule has 0 aliphatic heterocycles. The maximum absolute atomic E-state index is 10.7. The summed E-state index contributed by atoms with van der Waals surface area (Å²) in [6, 6.07) is 7.60. The smallest absolute Gasteiger partial charge is 0.269 e. The second-order valence-corrected chi connectivity index (χ2v) is 5.92. The Hall–Kier alpha value is -1.42. The minimum Gasteiger partial charge on any atom is -0.307 e. The lowest BCUT2D eigenvalue weighted by Gasteiger charge is -2.30. The van der Waals surface area contributed by atoms with Crippen LogP contribution in [0.5, 0.6) is 0 Å². The van der Waals surface area contributed by atoms with Crippen molar-refractivity contribution < 1.29 is 4.92 Å². The van der Waals surface area contributed by atoms with Gasteiger partial charge in [-0.1, -0.05) is 31.4 Å². The third-order valence-corrected chi connectivity index (χ3v) is 4.47. The molecule has 1 fully saturated rings. The van der Waals surface area contributed by atoms with Crippen LogP contribution in [0.15, 0.2) is 24.3 Å². The number of nitrogens with zero attached hydrogens (tertiary/aromatic N) is 1. The zero-order valence-electron chi connectivity index (χ0n) is 12.3. The fourth-order valence-corrected chi connectivity index (χ4v) is 3.15. The van der Waals surface area contributed by atoms with Gasteiger partial charge in [0.15, 0.2) is 0 Å². The van der Waals surface area contributed by atoms with Gasteiger partial charge in [0.05, 0.1) is 4.92 Å². The molecule has 1 aliphatic rings. The lowest BCUT2D eigenvalue weighted by Crippen LogP contribution is -2.36. The van der Waals surface area contributed by atoms with E-state index in [2.05, 4.69) is 19.2 Å². The quantitative estimate of drug-likeness (QED) is 0.647. The molecule has 4 nitrogen and oxygen atoms in total. The van der Waals surface area contributed by atoms with Crippen LogP contribution in [-0.4, -0.2) is 11.0 Å². The minimum absolute atomic E-state index is 0.154. The van der Waals surface area contributed by atoms with E-state index in [-0.39, 0.29) is 16.7 Å². The third kappa shape index (κ3) is 3.79. The first kappa shape index (κ1) is 15.0. The fourth-order valence-electron chi connectivity index (χ4n) is 3.15. The van der Waals surface area contributed by atoms with Crippen molar-refractivity contribution in [2.24, 2.45) is 5.92 Å². The van der Waals surface area contributed by atoms with Gasteiger partial charge in [-0.25, -0.2) is 0 Å². The summed E-state index contributed by atoms with van der Waals surface area (Å²) in [6.07, 6.45) is 6.72. The third-order valence-electron chi connectivity index (χ3n) is 4.47. The highest BCUT2D eigenvalue weighted by atomic mass is 16.6. The molecular weight excluding hydrogens is 252 g/mol. The Balaban J connectivity index is 1.93. The van der Waals surface area contributed by atoms with Crippen molar-refractivity contribution in [2.45, 2.75) is 58.0 Å². The molecule has 1 saturated carbocycles. The maximum atomic E-state index is 10.7. The summed E-state index contributed by atoms with van der Waals surface area (Å²) in [5, 5.41) is 14.3. The zero-order chi connectivity index (χ0) is 14.5. The maximum Gasteiger partial charge on any atom is 0.269 e. The molecule has 0 radical (unpaired) electrons. The van der Waals surface area contributed by atoms with Crippen LogP contribution >= 0.6 is 0 Å². The number of benzene rings is 1. The van der Waals surface area contributed by atoms with Crippen molar-refractivity contribution in [3.63, 3.8) is 0 Å². The highest BCUT2D eigenvalue weighted by molar-refractivity contribution is 5.34. The Morgan fingerprint density at radius 2 is 1.75 bits per heavy atom. The molecule has 110 valence electrons. The average molecular weight is 276 g/mol. The monoisotopic (exact) mass is 276 g/mol. The Morgan fingerprint density at radius 1 is 1.15 bits per heavy atom. The lowest BCUT2D eigenvalue weighted by molar-refractivity contribution is -0.384. The van der Waals surface area contributed by atoms with E-state index in [0.717, 1.165) is 11.5 Å². The van der Waals surface area contributed by atoms with E-state index >= 15 is 0 Å². The number of hydrogen-bond acceptors (Lipinski definition) is 3. The van der Waals surface area contributed by atoms with E-state index in [1.807, 2.05) is 12.1 Å². The largest absolute Gasteiger partial charge is 0.307 e. The van der Waals surface area contributed by atoms with Crippen molar-refractivity contribution in [2.75, 3.05) is 0 Å². The van der Waals surface area contributed by atoms with Crippen LogP contribution < -0.4 is 5.32 Å². The molecule has 2 rings (SSSR count). The Kier molecular flexibility index (Phi) is 5.12. The molecule has 20 heavy (non-hydrogen) atoms. The van der Waals surface area contributed by atoms with Crippen molar-refractivity contribution in [3.05, 3.63) is 39.9 Å². The van der Waals surface area contributed by atoms with E-state index in [1.165, 1.54) is 32.1 Å². The van der Waals surface area contributed by atoms with E-state index in [4.69, 9.17) is 0 Å². The molecule has 1 unspecified atom stereocenters. The van der Waals surface area contributed by atoms with Crippen LogP contribution in [0.4, 0.5) is 5.69 Å². The Bertz CT molecular complexity index is 438. The van der Waals surface area contributed by atoms with Crippen LogP contribution in [-0.2, 0) is 0 Å². The SMILES string of the molecule is CC(N[C@@H](C)C1CCCCC1)c1ccc([N+](=O)[O-])cc1. The summed E-state index contributed by atoms with van der Waals surface area (Å²) in [5.74, 6) is 0.768. The van der Waals surface area contributed by atoms with Gasteiger partial charge >= 0.3 is 0 Å². The highest BCUT2D eigenvalue weighted by Crippen LogP contribution is 2.28. The van der Waals surface area contributed by atoms with Crippen molar-refractivity contribution in [1.82, 2.24) is 5.32 Å². The number of non-ortho nitro benzene ring substituents is 1. The summed E-state index contributed by atoms with van der Waals surface area (Å²) < 4.78 is 0. The predicted octanol–water partition coefficient (Wildman–Crippen LogP) is 4.21. The van der Waals surface area contributed by atoms with Gasteiger partial charge in [-0.2, -0.15) is 0 Å². The molecule has 0 bridgehead atoms. The zero-order valence-corrected chi connectivity index (χ0v) is 12.3. The van der Waals surface area contributed by atoms with Crippen LogP contribution in [0.3, 0.4) is 0 Å².